The molecule has 8 heteroatoms. The number of nitrogens with one attached hydrogen (secondary N) is 3. The van der Waals surface area contributed by atoms with E-state index in [9.17, 15) is 9.90 Å². The molecule has 1 fully saturated rings. The number of hydrogen-bond acceptors (Lipinski definition) is 7. The molecule has 1 aliphatic carbocycles. The largest absolute Gasteiger partial charge is 0.446 e. The van der Waals surface area contributed by atoms with E-state index in [0.717, 1.165) is 61.2 Å². The van der Waals surface area contributed by atoms with Crippen LogP contribution in [0.4, 0.5) is 10.5 Å². The maximum Gasteiger partial charge on any atom is 0.407 e. The first-order valence-corrected chi connectivity index (χ1v) is 13.3. The Kier molecular flexibility index (Phi) is 9.17. The summed E-state index contributed by atoms with van der Waals surface area (Å²) in [4.78, 5) is 17.5. The van der Waals surface area contributed by atoms with E-state index in [1.807, 2.05) is 49.4 Å². The first-order valence-electron chi connectivity index (χ1n) is 13.3. The number of aromatic nitrogens is 1. The fraction of sp³-hybridized carbons (Fsp3) is 0.536. The predicted octanol–water partition coefficient (Wildman–Crippen LogP) is 4.80. The van der Waals surface area contributed by atoms with Gasteiger partial charge in [-0.15, -0.1) is 0 Å². The molecule has 2 heterocycles. The Morgan fingerprint density at radius 2 is 1.97 bits per heavy atom. The van der Waals surface area contributed by atoms with Crippen LogP contribution in [0, 0.1) is 11.8 Å². The summed E-state index contributed by atoms with van der Waals surface area (Å²) < 4.78 is 6.09. The highest BCUT2D eigenvalue weighted by molar-refractivity contribution is 6.01. The Bertz CT molecular complexity index is 998. The first-order chi connectivity index (χ1) is 17.5. The second-order valence-electron chi connectivity index (χ2n) is 9.91. The van der Waals surface area contributed by atoms with Crippen LogP contribution in [-0.2, 0) is 11.3 Å². The number of aliphatic hydroxyl groups excluding tert-OH is 1. The maximum atomic E-state index is 12.8. The second-order valence-corrected chi connectivity index (χ2v) is 9.91. The van der Waals surface area contributed by atoms with Crippen molar-refractivity contribution in [2.45, 2.75) is 83.7 Å². The van der Waals surface area contributed by atoms with Gasteiger partial charge in [0, 0.05) is 18.5 Å². The number of hydrogen-bond donors (Lipinski definition) is 4. The molecule has 4 rings (SSSR count). The Hall–Kier alpha value is -3.13. The van der Waals surface area contributed by atoms with Crippen molar-refractivity contribution >= 4 is 17.5 Å². The average molecular weight is 494 g/mol. The van der Waals surface area contributed by atoms with Crippen molar-refractivity contribution in [1.82, 2.24) is 15.7 Å². The SMILES string of the molecule is CCCC(O)Nc1ccc(C2=NNC(C)C3CCCCCC(OC(=O)NCc4ccccc4)C23)nc1. The molecule has 0 saturated heterocycles. The lowest BCUT2D eigenvalue weighted by molar-refractivity contribution is 0.0392. The molecule has 2 aliphatic rings. The smallest absolute Gasteiger partial charge is 0.407 e. The number of pyridine rings is 1. The van der Waals surface area contributed by atoms with E-state index >= 15 is 0 Å². The highest BCUT2D eigenvalue weighted by atomic mass is 16.6. The predicted molar refractivity (Wildman–Crippen MR) is 142 cm³/mol. The van der Waals surface area contributed by atoms with Gasteiger partial charge in [-0.05, 0) is 56.2 Å². The number of amides is 1. The number of ether oxygens (including phenoxy) is 1. The maximum absolute atomic E-state index is 12.8. The van der Waals surface area contributed by atoms with E-state index in [1.54, 1.807) is 6.20 Å². The fourth-order valence-electron chi connectivity index (χ4n) is 5.30. The van der Waals surface area contributed by atoms with Gasteiger partial charge in [-0.1, -0.05) is 56.5 Å². The number of aliphatic hydroxyl groups is 1. The van der Waals surface area contributed by atoms with Gasteiger partial charge in [0.15, 0.2) is 0 Å². The minimum atomic E-state index is -0.598. The lowest BCUT2D eigenvalue weighted by atomic mass is 9.72. The molecule has 4 N–H and O–H groups in total. The standard InChI is InChI=1S/C28H39N5O3/c1-3-10-25(34)31-21-15-16-23(29-18-21)27-26-22(19(2)32-33-27)13-8-5-9-14-24(26)36-28(35)30-17-20-11-6-4-7-12-20/h4,6-7,11-12,15-16,18-19,22,24-26,31-32,34H,3,5,8-10,13-14,17H2,1-2H3,(H,30,35). The molecule has 8 nitrogen and oxygen atoms in total. The third-order valence-corrected chi connectivity index (χ3v) is 7.19. The normalized spacial score (nSPS) is 24.7. The van der Waals surface area contributed by atoms with Crippen LogP contribution in [0.5, 0.6) is 0 Å². The second kappa shape index (κ2) is 12.7. The van der Waals surface area contributed by atoms with Gasteiger partial charge in [-0.25, -0.2) is 4.79 Å². The number of rotatable bonds is 8. The van der Waals surface area contributed by atoms with Gasteiger partial charge in [-0.3, -0.25) is 4.98 Å². The molecule has 36 heavy (non-hydrogen) atoms. The van der Waals surface area contributed by atoms with Gasteiger partial charge in [0.1, 0.15) is 12.3 Å². The minimum absolute atomic E-state index is 0.0407. The Labute approximate surface area is 213 Å². The van der Waals surface area contributed by atoms with E-state index in [2.05, 4.69) is 28.0 Å². The molecule has 194 valence electrons. The average Bonchev–Trinajstić information content (AvgIpc) is 2.87. The van der Waals surface area contributed by atoms with Crippen LogP contribution in [0.1, 0.15) is 70.1 Å². The van der Waals surface area contributed by atoms with Gasteiger partial charge >= 0.3 is 6.09 Å². The van der Waals surface area contributed by atoms with E-state index in [-0.39, 0.29) is 24.0 Å². The van der Waals surface area contributed by atoms with Crippen LogP contribution in [0.3, 0.4) is 0 Å². The molecule has 0 bridgehead atoms. The zero-order chi connectivity index (χ0) is 25.3. The fourth-order valence-corrected chi connectivity index (χ4v) is 5.30. The number of hydrazone groups is 1. The van der Waals surface area contributed by atoms with Gasteiger partial charge < -0.3 is 25.9 Å². The quantitative estimate of drug-likeness (QED) is 0.394. The Morgan fingerprint density at radius 1 is 1.17 bits per heavy atom. The summed E-state index contributed by atoms with van der Waals surface area (Å²) in [5.41, 5.74) is 6.69. The van der Waals surface area contributed by atoms with E-state index in [0.29, 0.717) is 13.0 Å². The molecule has 5 unspecified atom stereocenters. The van der Waals surface area contributed by atoms with Crippen LogP contribution in [0.25, 0.3) is 0 Å². The van der Waals surface area contributed by atoms with E-state index < -0.39 is 12.3 Å². The molecular weight excluding hydrogens is 454 g/mol. The number of nitrogens with zero attached hydrogens (tertiary/aromatic N) is 2. The van der Waals surface area contributed by atoms with Crippen LogP contribution >= 0.6 is 0 Å². The summed E-state index contributed by atoms with van der Waals surface area (Å²) in [7, 11) is 0. The zero-order valence-electron chi connectivity index (χ0n) is 21.3. The van der Waals surface area contributed by atoms with Gasteiger partial charge in [-0.2, -0.15) is 5.10 Å². The van der Waals surface area contributed by atoms with E-state index in [4.69, 9.17) is 9.84 Å². The number of fused-ring (bicyclic) bond motifs is 1. The molecular formula is C28H39N5O3. The third kappa shape index (κ3) is 6.75. The summed E-state index contributed by atoms with van der Waals surface area (Å²) in [6, 6.07) is 13.9. The van der Waals surface area contributed by atoms with Crippen molar-refractivity contribution in [3.63, 3.8) is 0 Å². The number of carbonyl (C=O) groups is 1. The summed E-state index contributed by atoms with van der Waals surface area (Å²) in [5, 5.41) is 20.8. The van der Waals surface area contributed by atoms with Crippen LogP contribution < -0.4 is 16.1 Å². The molecule has 1 saturated carbocycles. The van der Waals surface area contributed by atoms with Crippen molar-refractivity contribution in [1.29, 1.82) is 0 Å². The topological polar surface area (TPSA) is 108 Å². The summed E-state index contributed by atoms with van der Waals surface area (Å²) in [5.74, 6) is 0.247. The third-order valence-electron chi connectivity index (χ3n) is 7.19. The molecule has 2 aromatic rings. The van der Waals surface area contributed by atoms with Gasteiger partial charge in [0.25, 0.3) is 0 Å². The monoisotopic (exact) mass is 493 g/mol. The Morgan fingerprint density at radius 3 is 2.72 bits per heavy atom. The number of carbonyl (C=O) groups excluding carboxylic acids is 1. The Balaban J connectivity index is 1.51. The number of anilines is 1. The van der Waals surface area contributed by atoms with Crippen molar-refractivity contribution < 1.29 is 14.6 Å². The van der Waals surface area contributed by atoms with E-state index in [1.165, 1.54) is 0 Å². The molecule has 0 radical (unpaired) electrons. The molecule has 1 aromatic carbocycles. The summed E-state index contributed by atoms with van der Waals surface area (Å²) >= 11 is 0. The lowest BCUT2D eigenvalue weighted by Crippen LogP contribution is -2.51. The minimum Gasteiger partial charge on any atom is -0.446 e. The highest BCUT2D eigenvalue weighted by Crippen LogP contribution is 2.37. The number of benzene rings is 1. The van der Waals surface area contributed by atoms with Crippen LogP contribution in [-0.4, -0.2) is 40.3 Å². The van der Waals surface area contributed by atoms with Crippen molar-refractivity contribution in [2.24, 2.45) is 16.9 Å². The molecule has 1 aromatic heterocycles. The van der Waals surface area contributed by atoms with Crippen molar-refractivity contribution in [3.05, 3.63) is 59.9 Å². The van der Waals surface area contributed by atoms with Gasteiger partial charge in [0.05, 0.1) is 23.3 Å². The molecule has 1 aliphatic heterocycles. The van der Waals surface area contributed by atoms with Crippen LogP contribution in [0.15, 0.2) is 53.8 Å². The molecule has 5 atom stereocenters. The van der Waals surface area contributed by atoms with Crippen molar-refractivity contribution in [3.8, 4) is 0 Å². The summed E-state index contributed by atoms with van der Waals surface area (Å²) in [6.07, 6.45) is 7.17. The molecule has 1 amide bonds. The highest BCUT2D eigenvalue weighted by Gasteiger charge is 2.42. The van der Waals surface area contributed by atoms with Gasteiger partial charge in [0.2, 0.25) is 0 Å². The molecule has 0 spiro atoms. The summed E-state index contributed by atoms with van der Waals surface area (Å²) in [6.45, 7) is 4.62. The number of alkyl carbamates (subject to hydrolysis) is 1. The van der Waals surface area contributed by atoms with Crippen LogP contribution in [0.2, 0.25) is 0 Å². The first kappa shape index (κ1) is 25.9. The van der Waals surface area contributed by atoms with Crippen molar-refractivity contribution in [2.75, 3.05) is 5.32 Å². The lowest BCUT2D eigenvalue weighted by Gasteiger charge is -2.41. The zero-order valence-corrected chi connectivity index (χ0v) is 21.3.